The Morgan fingerprint density at radius 2 is 1.95 bits per heavy atom. The second-order valence-corrected chi connectivity index (χ2v) is 4.19. The monoisotopic (exact) mass is 256 g/mol. The summed E-state index contributed by atoms with van der Waals surface area (Å²) >= 11 is 0. The molecule has 2 rings (SSSR count). The third-order valence-corrected chi connectivity index (χ3v) is 2.50. The van der Waals surface area contributed by atoms with Crippen molar-refractivity contribution < 1.29 is 9.53 Å². The van der Waals surface area contributed by atoms with E-state index in [1.807, 2.05) is 49.4 Å². The van der Waals surface area contributed by atoms with Gasteiger partial charge in [-0.25, -0.2) is 4.98 Å². The predicted octanol–water partition coefficient (Wildman–Crippen LogP) is 2.55. The summed E-state index contributed by atoms with van der Waals surface area (Å²) in [7, 11) is 0. The second-order valence-electron chi connectivity index (χ2n) is 4.19. The van der Waals surface area contributed by atoms with E-state index in [1.54, 1.807) is 6.07 Å². The third-order valence-electron chi connectivity index (χ3n) is 2.50. The number of aryl methyl sites for hydroxylation is 1. The first-order valence-corrected chi connectivity index (χ1v) is 6.09. The lowest BCUT2D eigenvalue weighted by molar-refractivity contribution is -0.121. The van der Waals surface area contributed by atoms with E-state index in [1.165, 1.54) is 0 Å². The maximum absolute atomic E-state index is 11.6. The van der Waals surface area contributed by atoms with Gasteiger partial charge in [-0.05, 0) is 24.6 Å². The normalized spacial score (nSPS) is 10.2. The highest BCUT2D eigenvalue weighted by molar-refractivity contribution is 5.90. The molecule has 0 aliphatic carbocycles. The molecule has 1 heterocycles. The van der Waals surface area contributed by atoms with Gasteiger partial charge < -0.3 is 10.1 Å². The molecule has 0 saturated carbocycles. The Morgan fingerprint density at radius 3 is 2.68 bits per heavy atom. The van der Waals surface area contributed by atoms with Gasteiger partial charge in [0.05, 0.1) is 6.61 Å². The zero-order chi connectivity index (χ0) is 13.5. The molecular weight excluding hydrogens is 240 g/mol. The van der Waals surface area contributed by atoms with Crippen LogP contribution in [0.15, 0.2) is 48.5 Å². The van der Waals surface area contributed by atoms with E-state index in [4.69, 9.17) is 4.74 Å². The topological polar surface area (TPSA) is 51.2 Å². The summed E-state index contributed by atoms with van der Waals surface area (Å²) in [5.41, 5.74) is 1.91. The quantitative estimate of drug-likeness (QED) is 0.894. The molecule has 1 aromatic carbocycles. The summed E-state index contributed by atoms with van der Waals surface area (Å²) < 4.78 is 5.34. The molecule has 4 nitrogen and oxygen atoms in total. The van der Waals surface area contributed by atoms with Gasteiger partial charge in [0.1, 0.15) is 12.4 Å². The van der Waals surface area contributed by atoms with Gasteiger partial charge in [0, 0.05) is 5.69 Å². The van der Waals surface area contributed by atoms with Crippen molar-refractivity contribution in [3.05, 3.63) is 59.8 Å². The van der Waals surface area contributed by atoms with Gasteiger partial charge in [-0.2, -0.15) is 0 Å². The van der Waals surface area contributed by atoms with Crippen LogP contribution >= 0.6 is 0 Å². The number of aromatic nitrogens is 1. The average Bonchev–Trinajstić information content (AvgIpc) is 2.40. The summed E-state index contributed by atoms with van der Waals surface area (Å²) in [5, 5.41) is 2.69. The van der Waals surface area contributed by atoms with Crippen LogP contribution in [0.4, 0.5) is 5.82 Å². The molecule has 0 aliphatic heterocycles. The van der Waals surface area contributed by atoms with Crippen molar-refractivity contribution in [2.24, 2.45) is 0 Å². The standard InChI is InChI=1S/C15H16N2O2/c1-12-6-5-9-14(16-12)17-15(18)11-19-10-13-7-3-2-4-8-13/h2-9H,10-11H2,1H3,(H,16,17,18). The lowest BCUT2D eigenvalue weighted by atomic mass is 10.2. The van der Waals surface area contributed by atoms with E-state index in [9.17, 15) is 4.79 Å². The molecule has 0 spiro atoms. The number of nitrogens with one attached hydrogen (secondary N) is 1. The molecule has 0 atom stereocenters. The van der Waals surface area contributed by atoms with Crippen LogP contribution in [0.25, 0.3) is 0 Å². The van der Waals surface area contributed by atoms with Crippen molar-refractivity contribution in [3.63, 3.8) is 0 Å². The molecular formula is C15H16N2O2. The lowest BCUT2D eigenvalue weighted by Crippen LogP contribution is -2.19. The molecule has 0 aliphatic rings. The molecule has 4 heteroatoms. The lowest BCUT2D eigenvalue weighted by Gasteiger charge is -2.06. The van der Waals surface area contributed by atoms with Crippen LogP contribution in [0.5, 0.6) is 0 Å². The van der Waals surface area contributed by atoms with Gasteiger partial charge in [-0.15, -0.1) is 0 Å². The van der Waals surface area contributed by atoms with Crippen molar-refractivity contribution in [1.82, 2.24) is 4.98 Å². The van der Waals surface area contributed by atoms with Gasteiger partial charge in [0.2, 0.25) is 0 Å². The van der Waals surface area contributed by atoms with Crippen molar-refractivity contribution in [1.29, 1.82) is 0 Å². The highest BCUT2D eigenvalue weighted by atomic mass is 16.5. The highest BCUT2D eigenvalue weighted by Gasteiger charge is 2.03. The number of carbonyl (C=O) groups excluding carboxylic acids is 1. The first-order valence-electron chi connectivity index (χ1n) is 6.09. The number of amides is 1. The molecule has 2 aromatic rings. The average molecular weight is 256 g/mol. The Kier molecular flexibility index (Phi) is 4.64. The molecule has 0 unspecified atom stereocenters. The molecule has 98 valence electrons. The van der Waals surface area contributed by atoms with E-state index in [2.05, 4.69) is 10.3 Å². The molecule has 0 saturated heterocycles. The van der Waals surface area contributed by atoms with E-state index in [0.29, 0.717) is 12.4 Å². The van der Waals surface area contributed by atoms with Crippen LogP contribution in [0.2, 0.25) is 0 Å². The summed E-state index contributed by atoms with van der Waals surface area (Å²) in [6.07, 6.45) is 0. The van der Waals surface area contributed by atoms with Crippen molar-refractivity contribution >= 4 is 11.7 Å². The van der Waals surface area contributed by atoms with E-state index < -0.39 is 0 Å². The molecule has 1 N–H and O–H groups in total. The zero-order valence-corrected chi connectivity index (χ0v) is 10.8. The van der Waals surface area contributed by atoms with Crippen LogP contribution in [0.3, 0.4) is 0 Å². The van der Waals surface area contributed by atoms with Gasteiger partial charge in [-0.1, -0.05) is 36.4 Å². The van der Waals surface area contributed by atoms with Gasteiger partial charge in [0.25, 0.3) is 5.91 Å². The summed E-state index contributed by atoms with van der Waals surface area (Å²) in [6, 6.07) is 15.2. The van der Waals surface area contributed by atoms with Crippen LogP contribution < -0.4 is 5.32 Å². The first kappa shape index (κ1) is 13.2. The number of anilines is 1. The van der Waals surface area contributed by atoms with Crippen LogP contribution in [-0.4, -0.2) is 17.5 Å². The van der Waals surface area contributed by atoms with Crippen LogP contribution in [0, 0.1) is 6.92 Å². The van der Waals surface area contributed by atoms with Crippen LogP contribution in [0.1, 0.15) is 11.3 Å². The van der Waals surface area contributed by atoms with Crippen molar-refractivity contribution in [2.75, 3.05) is 11.9 Å². The Bertz CT molecular complexity index is 541. The number of hydrogen-bond donors (Lipinski definition) is 1. The summed E-state index contributed by atoms with van der Waals surface area (Å²) in [5.74, 6) is 0.349. The minimum absolute atomic E-state index is 0.0184. The van der Waals surface area contributed by atoms with E-state index >= 15 is 0 Å². The number of carbonyl (C=O) groups is 1. The number of pyridine rings is 1. The number of rotatable bonds is 5. The van der Waals surface area contributed by atoms with Gasteiger partial charge >= 0.3 is 0 Å². The van der Waals surface area contributed by atoms with E-state index in [-0.39, 0.29) is 12.5 Å². The van der Waals surface area contributed by atoms with Crippen LogP contribution in [-0.2, 0) is 16.1 Å². The maximum atomic E-state index is 11.6. The van der Waals surface area contributed by atoms with Gasteiger partial charge in [0.15, 0.2) is 0 Å². The largest absolute Gasteiger partial charge is 0.367 e. The van der Waals surface area contributed by atoms with Crippen molar-refractivity contribution in [3.8, 4) is 0 Å². The minimum atomic E-state index is -0.200. The molecule has 1 aromatic heterocycles. The molecule has 0 radical (unpaired) electrons. The summed E-state index contributed by atoms with van der Waals surface area (Å²) in [4.78, 5) is 15.8. The zero-order valence-electron chi connectivity index (χ0n) is 10.8. The Balaban J connectivity index is 1.76. The fourth-order valence-electron chi connectivity index (χ4n) is 1.63. The number of nitrogens with zero attached hydrogens (tertiary/aromatic N) is 1. The Labute approximate surface area is 112 Å². The van der Waals surface area contributed by atoms with Gasteiger partial charge in [-0.3, -0.25) is 4.79 Å². The summed E-state index contributed by atoms with van der Waals surface area (Å²) in [6.45, 7) is 2.32. The molecule has 1 amide bonds. The molecule has 0 bridgehead atoms. The smallest absolute Gasteiger partial charge is 0.251 e. The van der Waals surface area contributed by atoms with E-state index in [0.717, 1.165) is 11.3 Å². The first-order chi connectivity index (χ1) is 9.24. The number of ether oxygens (including phenoxy) is 1. The fraction of sp³-hybridized carbons (Fsp3) is 0.200. The predicted molar refractivity (Wildman–Crippen MR) is 73.7 cm³/mol. The Morgan fingerprint density at radius 1 is 1.16 bits per heavy atom. The SMILES string of the molecule is Cc1cccc(NC(=O)COCc2ccccc2)n1. The minimum Gasteiger partial charge on any atom is -0.367 e. The second kappa shape index (κ2) is 6.66. The maximum Gasteiger partial charge on any atom is 0.251 e. The number of hydrogen-bond acceptors (Lipinski definition) is 3. The van der Waals surface area contributed by atoms with Crippen molar-refractivity contribution in [2.45, 2.75) is 13.5 Å². The highest BCUT2D eigenvalue weighted by Crippen LogP contribution is 2.04. The molecule has 19 heavy (non-hydrogen) atoms. The number of benzene rings is 1. The Hall–Kier alpha value is -2.20. The third kappa shape index (κ3) is 4.52. The molecule has 0 fully saturated rings. The fourth-order valence-corrected chi connectivity index (χ4v) is 1.63.